The summed E-state index contributed by atoms with van der Waals surface area (Å²) in [4.78, 5) is 16.5. The number of nitrogens with zero attached hydrogens (tertiary/aromatic N) is 1. The van der Waals surface area contributed by atoms with E-state index in [-0.39, 0.29) is 11.9 Å². The lowest BCUT2D eigenvalue weighted by Crippen LogP contribution is -2.31. The van der Waals surface area contributed by atoms with Gasteiger partial charge < -0.3 is 5.32 Å². The smallest absolute Gasteiger partial charge is 0.244 e. The maximum atomic E-state index is 12.3. The summed E-state index contributed by atoms with van der Waals surface area (Å²) in [5.41, 5.74) is 5.14. The van der Waals surface area contributed by atoms with Gasteiger partial charge in [0.1, 0.15) is 0 Å². The standard InChI is InChI=1S/C29H40N2O/c1-5-6-7-14-27(28-19-17-26(18-20-28)23(2)3)15-9-16-29(32)31-24(4)11-8-12-25-13-10-21-30-22-25/h9-10,13,15-24H,5-8,11-12,14H2,1-4H3,(H,31,32)/t24-/m1/s1. The van der Waals surface area contributed by atoms with Gasteiger partial charge in [0.15, 0.2) is 0 Å². The quantitative estimate of drug-likeness (QED) is 0.206. The number of benzene rings is 1. The van der Waals surface area contributed by atoms with Crippen molar-refractivity contribution in [1.29, 1.82) is 0 Å². The van der Waals surface area contributed by atoms with E-state index in [1.807, 2.05) is 18.3 Å². The van der Waals surface area contributed by atoms with Gasteiger partial charge in [-0.1, -0.05) is 76.1 Å². The average molecular weight is 433 g/mol. The van der Waals surface area contributed by atoms with Gasteiger partial charge in [-0.15, -0.1) is 0 Å². The number of allylic oxidation sites excluding steroid dienone is 3. The molecule has 0 aliphatic carbocycles. The molecule has 0 bridgehead atoms. The van der Waals surface area contributed by atoms with Gasteiger partial charge >= 0.3 is 0 Å². The van der Waals surface area contributed by atoms with Crippen LogP contribution in [-0.4, -0.2) is 16.9 Å². The van der Waals surface area contributed by atoms with Crippen molar-refractivity contribution in [2.75, 3.05) is 0 Å². The van der Waals surface area contributed by atoms with Crippen molar-refractivity contribution in [2.24, 2.45) is 0 Å². The lowest BCUT2D eigenvalue weighted by Gasteiger charge is -2.12. The van der Waals surface area contributed by atoms with Gasteiger partial charge in [-0.05, 0) is 73.3 Å². The highest BCUT2D eigenvalue weighted by molar-refractivity contribution is 5.88. The molecule has 0 unspecified atom stereocenters. The molecule has 2 rings (SSSR count). The van der Waals surface area contributed by atoms with Crippen molar-refractivity contribution >= 4 is 11.5 Å². The van der Waals surface area contributed by atoms with E-state index in [9.17, 15) is 4.79 Å². The largest absolute Gasteiger partial charge is 0.350 e. The molecule has 1 amide bonds. The summed E-state index contributed by atoms with van der Waals surface area (Å²) in [5, 5.41) is 3.08. The molecule has 3 nitrogen and oxygen atoms in total. The molecule has 172 valence electrons. The molecule has 1 aromatic heterocycles. The van der Waals surface area contributed by atoms with Crippen LogP contribution < -0.4 is 5.32 Å². The van der Waals surface area contributed by atoms with E-state index in [1.165, 1.54) is 41.5 Å². The van der Waals surface area contributed by atoms with Crippen LogP contribution in [0.4, 0.5) is 0 Å². The Kier molecular flexibility index (Phi) is 11.5. The summed E-state index contributed by atoms with van der Waals surface area (Å²) in [6, 6.07) is 13.1. The lowest BCUT2D eigenvalue weighted by atomic mass is 9.95. The zero-order valence-corrected chi connectivity index (χ0v) is 20.3. The van der Waals surface area contributed by atoms with Crippen molar-refractivity contribution in [2.45, 2.75) is 84.6 Å². The Hall–Kier alpha value is -2.68. The third-order valence-corrected chi connectivity index (χ3v) is 5.76. The topological polar surface area (TPSA) is 42.0 Å². The fourth-order valence-electron chi connectivity index (χ4n) is 3.74. The third-order valence-electron chi connectivity index (χ3n) is 5.76. The van der Waals surface area contributed by atoms with Crippen molar-refractivity contribution < 1.29 is 4.79 Å². The van der Waals surface area contributed by atoms with Gasteiger partial charge in [-0.25, -0.2) is 0 Å². The molecule has 0 saturated carbocycles. The van der Waals surface area contributed by atoms with Crippen molar-refractivity contribution in [3.8, 4) is 0 Å². The highest BCUT2D eigenvalue weighted by atomic mass is 16.1. The first kappa shape index (κ1) is 25.6. The number of aromatic nitrogens is 1. The molecule has 1 N–H and O–H groups in total. The molecule has 1 atom stereocenters. The molecule has 1 aromatic carbocycles. The highest BCUT2D eigenvalue weighted by Crippen LogP contribution is 2.24. The van der Waals surface area contributed by atoms with Crippen LogP contribution in [-0.2, 0) is 11.2 Å². The summed E-state index contributed by atoms with van der Waals surface area (Å²) in [6.07, 6.45) is 17.0. The Balaban J connectivity index is 1.89. The number of hydrogen-bond acceptors (Lipinski definition) is 2. The van der Waals surface area contributed by atoms with Crippen LogP contribution in [0.25, 0.3) is 5.57 Å². The van der Waals surface area contributed by atoms with Crippen molar-refractivity contribution in [3.63, 3.8) is 0 Å². The molecule has 0 spiro atoms. The fraction of sp³-hybridized carbons (Fsp3) is 0.448. The zero-order chi connectivity index (χ0) is 23.2. The number of nitrogens with one attached hydrogen (secondary N) is 1. The van der Waals surface area contributed by atoms with Crippen LogP contribution in [0.1, 0.15) is 88.8 Å². The molecule has 32 heavy (non-hydrogen) atoms. The number of amides is 1. The summed E-state index contributed by atoms with van der Waals surface area (Å²) >= 11 is 0. The zero-order valence-electron chi connectivity index (χ0n) is 20.3. The average Bonchev–Trinajstić information content (AvgIpc) is 2.79. The Labute approximate surface area is 195 Å². The minimum absolute atomic E-state index is 0.0295. The molecule has 0 saturated heterocycles. The first-order chi connectivity index (χ1) is 15.5. The van der Waals surface area contributed by atoms with Gasteiger partial charge in [-0.2, -0.15) is 0 Å². The van der Waals surface area contributed by atoms with Gasteiger partial charge in [0.05, 0.1) is 0 Å². The van der Waals surface area contributed by atoms with E-state index in [2.05, 4.69) is 74.4 Å². The molecule has 0 aliphatic heterocycles. The van der Waals surface area contributed by atoms with E-state index in [0.717, 1.165) is 25.7 Å². The number of carbonyl (C=O) groups excluding carboxylic acids is 1. The van der Waals surface area contributed by atoms with Crippen LogP contribution >= 0.6 is 0 Å². The molecule has 3 heteroatoms. The predicted molar refractivity (Wildman–Crippen MR) is 137 cm³/mol. The number of unbranched alkanes of at least 4 members (excludes halogenated alkanes) is 2. The van der Waals surface area contributed by atoms with E-state index in [4.69, 9.17) is 0 Å². The normalized spacial score (nSPS) is 13.0. The van der Waals surface area contributed by atoms with Gasteiger partial charge in [0.25, 0.3) is 0 Å². The van der Waals surface area contributed by atoms with Gasteiger partial charge in [0.2, 0.25) is 5.91 Å². The molecule has 0 aliphatic rings. The van der Waals surface area contributed by atoms with E-state index in [1.54, 1.807) is 12.3 Å². The lowest BCUT2D eigenvalue weighted by molar-refractivity contribution is -0.117. The van der Waals surface area contributed by atoms with Crippen LogP contribution in [0.2, 0.25) is 0 Å². The van der Waals surface area contributed by atoms with E-state index in [0.29, 0.717) is 5.92 Å². The molecule has 0 fully saturated rings. The summed E-state index contributed by atoms with van der Waals surface area (Å²) < 4.78 is 0. The first-order valence-corrected chi connectivity index (χ1v) is 12.2. The molecule has 2 aromatic rings. The number of carbonyl (C=O) groups is 1. The Morgan fingerprint density at radius 3 is 2.50 bits per heavy atom. The minimum atomic E-state index is -0.0295. The maximum absolute atomic E-state index is 12.3. The van der Waals surface area contributed by atoms with Crippen LogP contribution in [0.5, 0.6) is 0 Å². The predicted octanol–water partition coefficient (Wildman–Crippen LogP) is 7.25. The SMILES string of the molecule is CCCCCC(=CC=CC(=O)N[C@H](C)CCCc1cccnc1)c1ccc(C(C)C)cc1. The molecule has 1 heterocycles. The Morgan fingerprint density at radius 2 is 1.84 bits per heavy atom. The monoisotopic (exact) mass is 432 g/mol. The van der Waals surface area contributed by atoms with Crippen molar-refractivity contribution in [1.82, 2.24) is 10.3 Å². The number of aryl methyl sites for hydroxylation is 1. The minimum Gasteiger partial charge on any atom is -0.350 e. The Morgan fingerprint density at radius 1 is 1.06 bits per heavy atom. The number of rotatable bonds is 13. The van der Waals surface area contributed by atoms with E-state index >= 15 is 0 Å². The van der Waals surface area contributed by atoms with Gasteiger partial charge in [-0.3, -0.25) is 9.78 Å². The van der Waals surface area contributed by atoms with Crippen LogP contribution in [0.15, 0.2) is 67.0 Å². The second-order valence-corrected chi connectivity index (χ2v) is 8.95. The van der Waals surface area contributed by atoms with E-state index < -0.39 is 0 Å². The summed E-state index contributed by atoms with van der Waals surface area (Å²) in [7, 11) is 0. The fourth-order valence-corrected chi connectivity index (χ4v) is 3.74. The highest BCUT2D eigenvalue weighted by Gasteiger charge is 2.06. The number of hydrogen-bond donors (Lipinski definition) is 1. The summed E-state index contributed by atoms with van der Waals surface area (Å²) in [5.74, 6) is 0.504. The summed E-state index contributed by atoms with van der Waals surface area (Å²) in [6.45, 7) is 8.72. The number of pyridine rings is 1. The van der Waals surface area contributed by atoms with Gasteiger partial charge in [0, 0.05) is 24.5 Å². The molecule has 0 radical (unpaired) electrons. The first-order valence-electron chi connectivity index (χ1n) is 12.2. The third kappa shape index (κ3) is 9.64. The Bertz CT molecular complexity index is 850. The van der Waals surface area contributed by atoms with Crippen LogP contribution in [0, 0.1) is 0 Å². The molecular formula is C29H40N2O. The van der Waals surface area contributed by atoms with Crippen LogP contribution in [0.3, 0.4) is 0 Å². The second-order valence-electron chi connectivity index (χ2n) is 8.95. The molecular weight excluding hydrogens is 392 g/mol. The second kappa shape index (κ2) is 14.4. The maximum Gasteiger partial charge on any atom is 0.244 e. The van der Waals surface area contributed by atoms with Crippen molar-refractivity contribution in [3.05, 3.63) is 83.7 Å².